The number of H-pyrrole nitrogens is 1. The molecule has 1 fully saturated rings. The van der Waals surface area contributed by atoms with Crippen molar-refractivity contribution in [3.8, 4) is 0 Å². The molecule has 1 N–H and O–H groups in total. The number of aromatic amines is 1. The van der Waals surface area contributed by atoms with Crippen molar-refractivity contribution in [2.24, 2.45) is 0 Å². The summed E-state index contributed by atoms with van der Waals surface area (Å²) in [6.45, 7) is 10.6. The van der Waals surface area contributed by atoms with Gasteiger partial charge in [-0.05, 0) is 58.6 Å². The Bertz CT molecular complexity index is 574. The second-order valence-electron chi connectivity index (χ2n) is 5.76. The van der Waals surface area contributed by atoms with Crippen LogP contribution in [0.4, 0.5) is 0 Å². The van der Waals surface area contributed by atoms with Gasteiger partial charge in [0, 0.05) is 22.7 Å². The summed E-state index contributed by atoms with van der Waals surface area (Å²) in [7, 11) is 0. The van der Waals surface area contributed by atoms with Crippen LogP contribution in [0.1, 0.15) is 52.2 Å². The molecule has 1 aliphatic heterocycles. The summed E-state index contributed by atoms with van der Waals surface area (Å²) in [4.78, 5) is 12.1. The fraction of sp³-hybridized carbons (Fsp3) is 0.600. The first-order valence-corrected chi connectivity index (χ1v) is 8.02. The Morgan fingerprint density at radius 1 is 1.25 bits per heavy atom. The van der Waals surface area contributed by atoms with Gasteiger partial charge in [-0.15, -0.1) is 0 Å². The van der Waals surface area contributed by atoms with Gasteiger partial charge in [-0.3, -0.25) is 4.90 Å². The Labute approximate surface area is 124 Å². The van der Waals surface area contributed by atoms with E-state index < -0.39 is 0 Å². The van der Waals surface area contributed by atoms with E-state index in [2.05, 4.69) is 42.0 Å². The summed E-state index contributed by atoms with van der Waals surface area (Å²) in [5, 5.41) is 0. The maximum absolute atomic E-state index is 4.71. The second-order valence-corrected chi connectivity index (χ2v) is 6.74. The number of imidazole rings is 1. The summed E-state index contributed by atoms with van der Waals surface area (Å²) in [6.07, 6.45) is 2.45. The maximum Gasteiger partial charge on any atom is 0.123 e. The Balaban J connectivity index is 1.82. The lowest BCUT2D eigenvalue weighted by molar-refractivity contribution is 0.240. The van der Waals surface area contributed by atoms with Gasteiger partial charge in [-0.2, -0.15) is 4.37 Å². The topological polar surface area (TPSA) is 44.8 Å². The van der Waals surface area contributed by atoms with Crippen LogP contribution in [0.3, 0.4) is 0 Å². The Kier molecular flexibility index (Phi) is 3.65. The smallest absolute Gasteiger partial charge is 0.123 e. The van der Waals surface area contributed by atoms with Gasteiger partial charge < -0.3 is 4.98 Å². The van der Waals surface area contributed by atoms with E-state index in [-0.39, 0.29) is 0 Å². The van der Waals surface area contributed by atoms with Crippen LogP contribution in [0.25, 0.3) is 0 Å². The highest BCUT2D eigenvalue weighted by Crippen LogP contribution is 2.33. The molecule has 0 spiro atoms. The van der Waals surface area contributed by atoms with Gasteiger partial charge in [0.1, 0.15) is 5.82 Å². The molecule has 3 heterocycles. The summed E-state index contributed by atoms with van der Waals surface area (Å²) >= 11 is 1.62. The summed E-state index contributed by atoms with van der Waals surface area (Å²) in [5.41, 5.74) is 4.90. The third-order valence-electron chi connectivity index (χ3n) is 4.37. The van der Waals surface area contributed by atoms with E-state index in [1.807, 2.05) is 0 Å². The predicted octanol–water partition coefficient (Wildman–Crippen LogP) is 3.44. The molecule has 1 saturated heterocycles. The molecule has 2 aromatic rings. The molecular formula is C15H22N4S. The van der Waals surface area contributed by atoms with Crippen LogP contribution >= 0.6 is 11.5 Å². The van der Waals surface area contributed by atoms with Crippen LogP contribution < -0.4 is 0 Å². The van der Waals surface area contributed by atoms with Crippen molar-refractivity contribution in [3.63, 3.8) is 0 Å². The number of aromatic nitrogens is 3. The molecule has 0 bridgehead atoms. The fourth-order valence-corrected chi connectivity index (χ4v) is 3.70. The summed E-state index contributed by atoms with van der Waals surface area (Å²) < 4.78 is 4.47. The first kappa shape index (κ1) is 13.8. The van der Waals surface area contributed by atoms with Gasteiger partial charge in [-0.25, -0.2) is 4.98 Å². The van der Waals surface area contributed by atoms with E-state index >= 15 is 0 Å². The van der Waals surface area contributed by atoms with Crippen LogP contribution in [-0.4, -0.2) is 25.8 Å². The van der Waals surface area contributed by atoms with Gasteiger partial charge in [0.25, 0.3) is 0 Å². The maximum atomic E-state index is 4.71. The molecule has 1 unspecified atom stereocenters. The SMILES string of the molecule is Cc1nc(C2CCCN2Cc2c(C)nsc2C)[nH]c1C. The lowest BCUT2D eigenvalue weighted by Gasteiger charge is -2.23. The zero-order chi connectivity index (χ0) is 14.3. The predicted molar refractivity (Wildman–Crippen MR) is 82.0 cm³/mol. The molecule has 4 nitrogen and oxygen atoms in total. The highest BCUT2D eigenvalue weighted by atomic mass is 32.1. The third-order valence-corrected chi connectivity index (χ3v) is 5.25. The van der Waals surface area contributed by atoms with Crippen LogP contribution in [-0.2, 0) is 6.54 Å². The first-order chi connectivity index (χ1) is 9.56. The largest absolute Gasteiger partial charge is 0.345 e. The van der Waals surface area contributed by atoms with Crippen molar-refractivity contribution in [2.75, 3.05) is 6.54 Å². The van der Waals surface area contributed by atoms with Gasteiger partial charge in [0.05, 0.1) is 17.4 Å². The number of nitrogens with one attached hydrogen (secondary N) is 1. The van der Waals surface area contributed by atoms with Crippen molar-refractivity contribution in [1.29, 1.82) is 0 Å². The molecule has 2 aromatic heterocycles. The lowest BCUT2D eigenvalue weighted by atomic mass is 10.1. The summed E-state index contributed by atoms with van der Waals surface area (Å²) in [6, 6.07) is 0.432. The minimum atomic E-state index is 0.432. The molecule has 0 aromatic carbocycles. The normalized spacial score (nSPS) is 19.9. The van der Waals surface area contributed by atoms with E-state index in [9.17, 15) is 0 Å². The van der Waals surface area contributed by atoms with Crippen LogP contribution in [0, 0.1) is 27.7 Å². The zero-order valence-corrected chi connectivity index (χ0v) is 13.5. The molecule has 0 saturated carbocycles. The third kappa shape index (κ3) is 2.40. The van der Waals surface area contributed by atoms with Crippen molar-refractivity contribution in [3.05, 3.63) is 33.3 Å². The first-order valence-electron chi connectivity index (χ1n) is 7.25. The van der Waals surface area contributed by atoms with E-state index in [1.165, 1.54) is 34.7 Å². The van der Waals surface area contributed by atoms with Crippen molar-refractivity contribution in [1.82, 2.24) is 19.2 Å². The molecule has 0 aliphatic carbocycles. The molecule has 5 heteroatoms. The van der Waals surface area contributed by atoms with E-state index in [0.717, 1.165) is 24.6 Å². The van der Waals surface area contributed by atoms with Crippen molar-refractivity contribution in [2.45, 2.75) is 53.1 Å². The fourth-order valence-electron chi connectivity index (χ4n) is 2.99. The van der Waals surface area contributed by atoms with Gasteiger partial charge in [-0.1, -0.05) is 0 Å². The quantitative estimate of drug-likeness (QED) is 0.942. The van der Waals surface area contributed by atoms with Crippen molar-refractivity contribution >= 4 is 11.5 Å². The lowest BCUT2D eigenvalue weighted by Crippen LogP contribution is -2.24. The number of hydrogen-bond acceptors (Lipinski definition) is 4. The zero-order valence-electron chi connectivity index (χ0n) is 12.7. The standard InChI is InChI=1S/C15H22N4S/c1-9-10(2)17-15(16-9)14-6-5-7-19(14)8-13-11(3)18-20-12(13)4/h14H,5-8H2,1-4H3,(H,16,17). The van der Waals surface area contributed by atoms with E-state index in [1.54, 1.807) is 11.5 Å². The number of rotatable bonds is 3. The highest BCUT2D eigenvalue weighted by Gasteiger charge is 2.29. The van der Waals surface area contributed by atoms with Crippen LogP contribution in [0.15, 0.2) is 0 Å². The molecule has 0 amide bonds. The van der Waals surface area contributed by atoms with Crippen LogP contribution in [0.2, 0.25) is 0 Å². The molecule has 0 radical (unpaired) electrons. The van der Waals surface area contributed by atoms with Crippen molar-refractivity contribution < 1.29 is 0 Å². The molecule has 1 atom stereocenters. The average molecular weight is 290 g/mol. The average Bonchev–Trinajstić information content (AvgIpc) is 3.07. The van der Waals surface area contributed by atoms with E-state index in [4.69, 9.17) is 4.98 Å². The van der Waals surface area contributed by atoms with Gasteiger partial charge >= 0.3 is 0 Å². The number of aryl methyl sites for hydroxylation is 4. The molecular weight excluding hydrogens is 268 g/mol. The minimum absolute atomic E-state index is 0.432. The van der Waals surface area contributed by atoms with Gasteiger partial charge in [0.15, 0.2) is 0 Å². The van der Waals surface area contributed by atoms with Crippen LogP contribution in [0.5, 0.6) is 0 Å². The Morgan fingerprint density at radius 2 is 2.05 bits per heavy atom. The van der Waals surface area contributed by atoms with Gasteiger partial charge in [0.2, 0.25) is 0 Å². The second kappa shape index (κ2) is 5.30. The molecule has 108 valence electrons. The van der Waals surface area contributed by atoms with E-state index in [0.29, 0.717) is 6.04 Å². The monoisotopic (exact) mass is 290 g/mol. The molecule has 20 heavy (non-hydrogen) atoms. The number of nitrogens with zero attached hydrogens (tertiary/aromatic N) is 3. The number of hydrogen-bond donors (Lipinski definition) is 1. The number of likely N-dealkylation sites (tertiary alicyclic amines) is 1. The Morgan fingerprint density at radius 3 is 2.65 bits per heavy atom. The molecule has 3 rings (SSSR count). The Hall–Kier alpha value is -1.20. The molecule has 1 aliphatic rings. The summed E-state index contributed by atoms with van der Waals surface area (Å²) in [5.74, 6) is 1.14. The highest BCUT2D eigenvalue weighted by molar-refractivity contribution is 7.05. The minimum Gasteiger partial charge on any atom is -0.345 e.